The van der Waals surface area contributed by atoms with Gasteiger partial charge in [-0.2, -0.15) is 0 Å². The van der Waals surface area contributed by atoms with Crippen LogP contribution < -0.4 is 0 Å². The minimum Gasteiger partial charge on any atom is -0.392 e. The maximum absolute atomic E-state index is 13.2. The number of hydrogen-bond donors (Lipinski definition) is 1. The van der Waals surface area contributed by atoms with Crippen molar-refractivity contribution in [3.63, 3.8) is 0 Å². The van der Waals surface area contributed by atoms with Gasteiger partial charge in [-0.1, -0.05) is 32.8 Å². The highest BCUT2D eigenvalue weighted by Gasteiger charge is 2.18. The highest BCUT2D eigenvalue weighted by Crippen LogP contribution is 2.22. The van der Waals surface area contributed by atoms with Crippen LogP contribution in [0.5, 0.6) is 0 Å². The van der Waals surface area contributed by atoms with Crippen LogP contribution in [0.2, 0.25) is 0 Å². The van der Waals surface area contributed by atoms with Crippen LogP contribution in [0.15, 0.2) is 18.2 Å². The normalized spacial score (nSPS) is 13.0. The second-order valence-corrected chi connectivity index (χ2v) is 5.18. The van der Waals surface area contributed by atoms with Crippen LogP contribution in [0, 0.1) is 18.7 Å². The Morgan fingerprint density at radius 2 is 1.78 bits per heavy atom. The first kappa shape index (κ1) is 15.2. The Hall–Kier alpha value is -0.890. The lowest BCUT2D eigenvalue weighted by Gasteiger charge is -2.22. The molecule has 0 aromatic heterocycles. The van der Waals surface area contributed by atoms with E-state index >= 15 is 0 Å². The molecule has 1 atom stereocenters. The molecule has 0 saturated carbocycles. The maximum Gasteiger partial charge on any atom is 0.123 e. The van der Waals surface area contributed by atoms with E-state index in [0.717, 1.165) is 36.8 Å². The fourth-order valence-electron chi connectivity index (χ4n) is 2.52. The van der Waals surface area contributed by atoms with Crippen LogP contribution in [0.25, 0.3) is 0 Å². The molecule has 0 spiro atoms. The minimum absolute atomic E-state index is 0.217. The summed E-state index contributed by atoms with van der Waals surface area (Å²) in [5.74, 6) is 0.119. The average Bonchev–Trinajstić information content (AvgIpc) is 2.33. The van der Waals surface area contributed by atoms with Crippen molar-refractivity contribution in [2.45, 2.75) is 59.0 Å². The molecule has 0 heterocycles. The molecule has 0 radical (unpaired) electrons. The number of hydrogen-bond acceptors (Lipinski definition) is 1. The van der Waals surface area contributed by atoms with Gasteiger partial charge in [0.05, 0.1) is 6.10 Å². The predicted octanol–water partition coefficient (Wildman–Crippen LogP) is 4.25. The van der Waals surface area contributed by atoms with Gasteiger partial charge >= 0.3 is 0 Å². The van der Waals surface area contributed by atoms with Crippen molar-refractivity contribution in [2.75, 3.05) is 0 Å². The van der Waals surface area contributed by atoms with E-state index in [9.17, 15) is 9.50 Å². The smallest absolute Gasteiger partial charge is 0.123 e. The molecule has 1 N–H and O–H groups in total. The van der Waals surface area contributed by atoms with E-state index in [-0.39, 0.29) is 11.9 Å². The summed E-state index contributed by atoms with van der Waals surface area (Å²) in [7, 11) is 0. The van der Waals surface area contributed by atoms with Crippen LogP contribution >= 0.6 is 0 Å². The fourth-order valence-corrected chi connectivity index (χ4v) is 2.52. The Morgan fingerprint density at radius 3 is 2.33 bits per heavy atom. The Labute approximate surface area is 110 Å². The van der Waals surface area contributed by atoms with Crippen LogP contribution in [-0.2, 0) is 6.42 Å². The zero-order valence-electron chi connectivity index (χ0n) is 11.7. The number of halogens is 1. The highest BCUT2D eigenvalue weighted by atomic mass is 19.1. The summed E-state index contributed by atoms with van der Waals surface area (Å²) in [6.45, 7) is 6.25. The third-order valence-corrected chi connectivity index (χ3v) is 3.60. The molecule has 102 valence electrons. The van der Waals surface area contributed by atoms with Gasteiger partial charge in [-0.15, -0.1) is 0 Å². The summed E-state index contributed by atoms with van der Waals surface area (Å²) in [5.41, 5.74) is 1.99. The lowest BCUT2D eigenvalue weighted by atomic mass is 9.88. The first-order valence-corrected chi connectivity index (χ1v) is 7.01. The molecule has 2 heteroatoms. The maximum atomic E-state index is 13.2. The van der Waals surface area contributed by atoms with Gasteiger partial charge in [0.2, 0.25) is 0 Å². The third kappa shape index (κ3) is 4.41. The van der Waals surface area contributed by atoms with E-state index in [1.807, 2.05) is 6.92 Å². The van der Waals surface area contributed by atoms with Gasteiger partial charge in [-0.25, -0.2) is 4.39 Å². The second-order valence-electron chi connectivity index (χ2n) is 5.18. The Kier molecular flexibility index (Phi) is 6.34. The number of aliphatic hydroxyl groups is 1. The Morgan fingerprint density at radius 1 is 1.17 bits per heavy atom. The lowest BCUT2D eigenvalue weighted by molar-refractivity contribution is 0.0961. The molecule has 0 amide bonds. The van der Waals surface area contributed by atoms with E-state index < -0.39 is 0 Å². The largest absolute Gasteiger partial charge is 0.392 e. The molecular weight excluding hydrogens is 227 g/mol. The van der Waals surface area contributed by atoms with Gasteiger partial charge in [0.1, 0.15) is 5.82 Å². The molecule has 1 rings (SSSR count). The summed E-state index contributed by atoms with van der Waals surface area (Å²) in [6, 6.07) is 4.81. The van der Waals surface area contributed by atoms with Crippen LogP contribution in [0.1, 0.15) is 50.7 Å². The van der Waals surface area contributed by atoms with Crippen molar-refractivity contribution in [1.82, 2.24) is 0 Å². The van der Waals surface area contributed by atoms with Crippen molar-refractivity contribution in [1.29, 1.82) is 0 Å². The third-order valence-electron chi connectivity index (χ3n) is 3.60. The number of aryl methyl sites for hydroxylation is 1. The van der Waals surface area contributed by atoms with Crippen LogP contribution in [0.3, 0.4) is 0 Å². The van der Waals surface area contributed by atoms with Gasteiger partial charge in [0, 0.05) is 0 Å². The van der Waals surface area contributed by atoms with Gasteiger partial charge in [0.15, 0.2) is 0 Å². The SMILES string of the molecule is CCCC(CCC)C(O)Cc1cc(F)ccc1C. The van der Waals surface area contributed by atoms with E-state index in [0.29, 0.717) is 12.3 Å². The molecule has 0 aliphatic carbocycles. The van der Waals surface area contributed by atoms with Crippen molar-refractivity contribution in [2.24, 2.45) is 5.92 Å². The van der Waals surface area contributed by atoms with Crippen molar-refractivity contribution in [3.05, 3.63) is 35.1 Å². The fraction of sp³-hybridized carbons (Fsp3) is 0.625. The van der Waals surface area contributed by atoms with E-state index in [1.54, 1.807) is 12.1 Å². The summed E-state index contributed by atoms with van der Waals surface area (Å²) in [4.78, 5) is 0. The van der Waals surface area contributed by atoms with Gasteiger partial charge < -0.3 is 5.11 Å². The summed E-state index contributed by atoms with van der Waals surface area (Å²) in [6.07, 6.45) is 4.47. The van der Waals surface area contributed by atoms with Gasteiger partial charge in [-0.3, -0.25) is 0 Å². The molecule has 1 aromatic rings. The molecule has 0 aliphatic rings. The molecule has 0 bridgehead atoms. The van der Waals surface area contributed by atoms with Crippen LogP contribution in [-0.4, -0.2) is 11.2 Å². The molecule has 18 heavy (non-hydrogen) atoms. The molecule has 1 nitrogen and oxygen atoms in total. The zero-order valence-corrected chi connectivity index (χ0v) is 11.7. The van der Waals surface area contributed by atoms with Crippen molar-refractivity contribution < 1.29 is 9.50 Å². The molecule has 0 saturated heterocycles. The van der Waals surface area contributed by atoms with Crippen molar-refractivity contribution >= 4 is 0 Å². The van der Waals surface area contributed by atoms with Gasteiger partial charge in [0.25, 0.3) is 0 Å². The molecular formula is C16H25FO. The van der Waals surface area contributed by atoms with E-state index in [1.165, 1.54) is 6.07 Å². The highest BCUT2D eigenvalue weighted by molar-refractivity contribution is 5.27. The monoisotopic (exact) mass is 252 g/mol. The quantitative estimate of drug-likeness (QED) is 0.769. The summed E-state index contributed by atoms with van der Waals surface area (Å²) in [5, 5.41) is 10.3. The van der Waals surface area contributed by atoms with Crippen LogP contribution in [0.4, 0.5) is 4.39 Å². The minimum atomic E-state index is -0.356. The second kappa shape index (κ2) is 7.52. The standard InChI is InChI=1S/C16H25FO/c1-4-6-13(7-5-2)16(18)11-14-10-15(17)9-8-12(14)3/h8-10,13,16,18H,4-7,11H2,1-3H3. The average molecular weight is 252 g/mol. The lowest BCUT2D eigenvalue weighted by Crippen LogP contribution is -2.23. The molecule has 0 aliphatic heterocycles. The van der Waals surface area contributed by atoms with Crippen molar-refractivity contribution in [3.8, 4) is 0 Å². The topological polar surface area (TPSA) is 20.2 Å². The zero-order chi connectivity index (χ0) is 13.5. The number of aliphatic hydroxyl groups excluding tert-OH is 1. The van der Waals surface area contributed by atoms with Gasteiger partial charge in [-0.05, 0) is 55.4 Å². The molecule has 0 fully saturated rings. The Bertz CT molecular complexity index is 356. The van der Waals surface area contributed by atoms with E-state index in [2.05, 4.69) is 13.8 Å². The predicted molar refractivity (Wildman–Crippen MR) is 74.2 cm³/mol. The molecule has 1 aromatic carbocycles. The first-order valence-electron chi connectivity index (χ1n) is 7.01. The summed E-state index contributed by atoms with van der Waals surface area (Å²) >= 11 is 0. The Balaban J connectivity index is 2.71. The first-order chi connectivity index (χ1) is 8.58. The van der Waals surface area contributed by atoms with E-state index in [4.69, 9.17) is 0 Å². The summed E-state index contributed by atoms with van der Waals surface area (Å²) < 4.78 is 13.2. The number of benzene rings is 1. The number of rotatable bonds is 7. The molecule has 1 unspecified atom stereocenters.